The zero-order chi connectivity index (χ0) is 21.2. The minimum atomic E-state index is 0. The number of ether oxygens (including phenoxy) is 1. The Kier molecular flexibility index (Phi) is 11.2. The lowest BCUT2D eigenvalue weighted by Gasteiger charge is -2.35. The van der Waals surface area contributed by atoms with E-state index in [1.54, 1.807) is 0 Å². The van der Waals surface area contributed by atoms with Crippen LogP contribution in [-0.2, 0) is 13.2 Å². The van der Waals surface area contributed by atoms with Crippen LogP contribution in [0.1, 0.15) is 44.7 Å². The number of nitrogens with zero attached hydrogens (tertiary/aromatic N) is 2. The Morgan fingerprint density at radius 2 is 1.71 bits per heavy atom. The molecular weight excluding hydrogens is 499 g/mol. The van der Waals surface area contributed by atoms with Crippen molar-refractivity contribution in [2.75, 3.05) is 19.6 Å². The lowest BCUT2D eigenvalue weighted by Crippen LogP contribution is -2.49. The van der Waals surface area contributed by atoms with Gasteiger partial charge >= 0.3 is 0 Å². The van der Waals surface area contributed by atoms with Crippen molar-refractivity contribution in [3.8, 4) is 5.75 Å². The number of piperidine rings is 1. The number of hydrogen-bond donors (Lipinski definition) is 2. The van der Waals surface area contributed by atoms with E-state index in [0.717, 1.165) is 44.2 Å². The summed E-state index contributed by atoms with van der Waals surface area (Å²) in [5.74, 6) is 1.79. The van der Waals surface area contributed by atoms with Crippen molar-refractivity contribution < 1.29 is 4.74 Å². The normalized spacial score (nSPS) is 15.4. The summed E-state index contributed by atoms with van der Waals surface area (Å²) >= 11 is 0. The van der Waals surface area contributed by atoms with Gasteiger partial charge in [0.05, 0.1) is 6.54 Å². The standard InChI is InChI=1S/C25H36N4O.HI/c1-4-26-25(28-23-14-16-29(17-15-23)20(2)3)27-18-21-10-12-24(13-11-21)30-19-22-8-6-5-7-9-22;/h5-13,20,23H,4,14-19H2,1-3H3,(H2,26,27,28);1H. The molecule has 5 nitrogen and oxygen atoms in total. The number of benzene rings is 2. The first-order chi connectivity index (χ1) is 14.6. The van der Waals surface area contributed by atoms with Crippen LogP contribution in [0.3, 0.4) is 0 Å². The van der Waals surface area contributed by atoms with E-state index in [-0.39, 0.29) is 24.0 Å². The first-order valence-electron chi connectivity index (χ1n) is 11.2. The number of guanidine groups is 1. The number of aliphatic imine (C=N–C) groups is 1. The van der Waals surface area contributed by atoms with E-state index in [1.165, 1.54) is 11.1 Å². The average molecular weight is 537 g/mol. The Morgan fingerprint density at radius 3 is 2.32 bits per heavy atom. The summed E-state index contributed by atoms with van der Waals surface area (Å²) in [6.07, 6.45) is 2.33. The minimum Gasteiger partial charge on any atom is -0.489 e. The van der Waals surface area contributed by atoms with Crippen molar-refractivity contribution in [3.63, 3.8) is 0 Å². The van der Waals surface area contributed by atoms with Gasteiger partial charge < -0.3 is 20.3 Å². The van der Waals surface area contributed by atoms with Crippen molar-refractivity contribution in [2.24, 2.45) is 4.99 Å². The topological polar surface area (TPSA) is 48.9 Å². The number of likely N-dealkylation sites (tertiary alicyclic amines) is 1. The van der Waals surface area contributed by atoms with Gasteiger partial charge in [-0.05, 0) is 56.9 Å². The van der Waals surface area contributed by atoms with Gasteiger partial charge in [0.15, 0.2) is 5.96 Å². The maximum Gasteiger partial charge on any atom is 0.191 e. The molecule has 0 spiro atoms. The summed E-state index contributed by atoms with van der Waals surface area (Å²) in [6.45, 7) is 11.1. The van der Waals surface area contributed by atoms with Crippen LogP contribution < -0.4 is 15.4 Å². The molecule has 0 amide bonds. The summed E-state index contributed by atoms with van der Waals surface area (Å²) < 4.78 is 5.87. The van der Waals surface area contributed by atoms with Crippen LogP contribution in [0.25, 0.3) is 0 Å². The highest BCUT2D eigenvalue weighted by Gasteiger charge is 2.21. The Labute approximate surface area is 204 Å². The first kappa shape index (κ1) is 25.5. The molecular formula is C25H37IN4O. The third-order valence-electron chi connectivity index (χ3n) is 5.54. The second-order valence-corrected chi connectivity index (χ2v) is 8.16. The van der Waals surface area contributed by atoms with Crippen LogP contribution in [0.2, 0.25) is 0 Å². The average Bonchev–Trinajstić information content (AvgIpc) is 2.78. The highest BCUT2D eigenvalue weighted by Crippen LogP contribution is 2.15. The molecule has 0 bridgehead atoms. The maximum atomic E-state index is 5.87. The van der Waals surface area contributed by atoms with E-state index in [2.05, 4.69) is 60.6 Å². The molecule has 0 unspecified atom stereocenters. The van der Waals surface area contributed by atoms with Crippen molar-refractivity contribution in [1.82, 2.24) is 15.5 Å². The number of halogens is 1. The molecule has 1 heterocycles. The highest BCUT2D eigenvalue weighted by atomic mass is 127. The van der Waals surface area contributed by atoms with Gasteiger partial charge in [0.25, 0.3) is 0 Å². The van der Waals surface area contributed by atoms with Crippen LogP contribution in [0, 0.1) is 0 Å². The van der Waals surface area contributed by atoms with E-state index in [9.17, 15) is 0 Å². The smallest absolute Gasteiger partial charge is 0.191 e. The largest absolute Gasteiger partial charge is 0.489 e. The molecule has 1 aliphatic heterocycles. The van der Waals surface area contributed by atoms with Gasteiger partial charge in [-0.3, -0.25) is 0 Å². The second-order valence-electron chi connectivity index (χ2n) is 8.16. The van der Waals surface area contributed by atoms with Gasteiger partial charge in [-0.2, -0.15) is 0 Å². The SMILES string of the molecule is CCNC(=NCc1ccc(OCc2ccccc2)cc1)NC1CCN(C(C)C)CC1.I. The molecule has 170 valence electrons. The molecule has 1 saturated heterocycles. The van der Waals surface area contributed by atoms with Crippen LogP contribution in [-0.4, -0.2) is 42.6 Å². The number of nitrogens with one attached hydrogen (secondary N) is 2. The molecule has 6 heteroatoms. The predicted molar refractivity (Wildman–Crippen MR) is 140 cm³/mol. The summed E-state index contributed by atoms with van der Waals surface area (Å²) in [4.78, 5) is 7.34. The van der Waals surface area contributed by atoms with Crippen molar-refractivity contribution >= 4 is 29.9 Å². The first-order valence-corrected chi connectivity index (χ1v) is 11.2. The van der Waals surface area contributed by atoms with E-state index >= 15 is 0 Å². The summed E-state index contributed by atoms with van der Waals surface area (Å²) in [5, 5.41) is 7.01. The Hall–Kier alpha value is -1.80. The van der Waals surface area contributed by atoms with Gasteiger partial charge in [-0.25, -0.2) is 4.99 Å². The molecule has 0 aromatic heterocycles. The Bertz CT molecular complexity index is 772. The monoisotopic (exact) mass is 536 g/mol. The van der Waals surface area contributed by atoms with E-state index < -0.39 is 0 Å². The van der Waals surface area contributed by atoms with E-state index in [0.29, 0.717) is 25.2 Å². The molecule has 1 aliphatic rings. The van der Waals surface area contributed by atoms with Gasteiger partial charge in [0.1, 0.15) is 12.4 Å². The summed E-state index contributed by atoms with van der Waals surface area (Å²) in [5.41, 5.74) is 2.35. The van der Waals surface area contributed by atoms with Gasteiger partial charge in [-0.1, -0.05) is 42.5 Å². The quantitative estimate of drug-likeness (QED) is 0.289. The lowest BCUT2D eigenvalue weighted by molar-refractivity contribution is 0.167. The molecule has 0 saturated carbocycles. The fourth-order valence-corrected chi connectivity index (χ4v) is 3.68. The molecule has 0 aliphatic carbocycles. The molecule has 3 rings (SSSR count). The molecule has 0 radical (unpaired) electrons. The zero-order valence-corrected chi connectivity index (χ0v) is 21.3. The lowest BCUT2D eigenvalue weighted by atomic mass is 10.0. The fourth-order valence-electron chi connectivity index (χ4n) is 3.68. The molecule has 2 aromatic rings. The molecule has 2 aromatic carbocycles. The predicted octanol–water partition coefficient (Wildman–Crippen LogP) is 4.81. The minimum absolute atomic E-state index is 0. The van der Waals surface area contributed by atoms with Crippen LogP contribution in [0.5, 0.6) is 5.75 Å². The summed E-state index contributed by atoms with van der Waals surface area (Å²) in [7, 11) is 0. The van der Waals surface area contributed by atoms with Gasteiger partial charge in [0, 0.05) is 31.7 Å². The van der Waals surface area contributed by atoms with Crippen LogP contribution in [0.15, 0.2) is 59.6 Å². The molecule has 31 heavy (non-hydrogen) atoms. The third-order valence-corrected chi connectivity index (χ3v) is 5.54. The van der Waals surface area contributed by atoms with Gasteiger partial charge in [0.2, 0.25) is 0 Å². The highest BCUT2D eigenvalue weighted by molar-refractivity contribution is 14.0. The zero-order valence-electron chi connectivity index (χ0n) is 19.0. The molecule has 1 fully saturated rings. The maximum absolute atomic E-state index is 5.87. The van der Waals surface area contributed by atoms with E-state index in [1.807, 2.05) is 30.3 Å². The summed E-state index contributed by atoms with van der Waals surface area (Å²) in [6, 6.07) is 19.6. The van der Waals surface area contributed by atoms with Crippen molar-refractivity contribution in [1.29, 1.82) is 0 Å². The van der Waals surface area contributed by atoms with Crippen molar-refractivity contribution in [2.45, 2.75) is 58.8 Å². The third kappa shape index (κ3) is 8.69. The van der Waals surface area contributed by atoms with Crippen LogP contribution >= 0.6 is 24.0 Å². The Morgan fingerprint density at radius 1 is 1.03 bits per heavy atom. The molecule has 0 atom stereocenters. The van der Waals surface area contributed by atoms with Crippen LogP contribution in [0.4, 0.5) is 0 Å². The number of rotatable bonds is 8. The fraction of sp³-hybridized carbons (Fsp3) is 0.480. The van der Waals surface area contributed by atoms with Gasteiger partial charge in [-0.15, -0.1) is 24.0 Å². The van der Waals surface area contributed by atoms with Crippen molar-refractivity contribution in [3.05, 3.63) is 65.7 Å². The molecule has 2 N–H and O–H groups in total. The second kappa shape index (κ2) is 13.6. The Balaban J connectivity index is 0.00000341. The van der Waals surface area contributed by atoms with E-state index in [4.69, 9.17) is 9.73 Å². The number of hydrogen-bond acceptors (Lipinski definition) is 3.